The number of aromatic nitrogens is 6. The van der Waals surface area contributed by atoms with Crippen LogP contribution in [-0.4, -0.2) is 41.1 Å². The second-order valence-corrected chi connectivity index (χ2v) is 6.19. The van der Waals surface area contributed by atoms with E-state index in [4.69, 9.17) is 5.73 Å². The predicted octanol–water partition coefficient (Wildman–Crippen LogP) is 1.34. The molecule has 0 amide bonds. The molecule has 8 heteroatoms. The van der Waals surface area contributed by atoms with E-state index in [1.165, 1.54) is 0 Å². The molecule has 1 aliphatic rings. The Morgan fingerprint density at radius 3 is 2.92 bits per heavy atom. The third-order valence-electron chi connectivity index (χ3n) is 4.48. The molecule has 1 aliphatic carbocycles. The Bertz CT molecular complexity index is 1030. The van der Waals surface area contributed by atoms with Gasteiger partial charge in [-0.3, -0.25) is 4.40 Å². The van der Waals surface area contributed by atoms with E-state index in [1.54, 1.807) is 6.20 Å². The fourth-order valence-corrected chi connectivity index (χ4v) is 3.13. The first-order valence-corrected chi connectivity index (χ1v) is 7.92. The Labute approximate surface area is 137 Å². The summed E-state index contributed by atoms with van der Waals surface area (Å²) in [5.41, 5.74) is 8.79. The van der Waals surface area contributed by atoms with Gasteiger partial charge in [0.1, 0.15) is 0 Å². The summed E-state index contributed by atoms with van der Waals surface area (Å²) in [6.07, 6.45) is 13.1. The third kappa shape index (κ3) is 2.11. The van der Waals surface area contributed by atoms with Crippen molar-refractivity contribution in [3.63, 3.8) is 0 Å². The average Bonchev–Trinajstić information content (AvgIpc) is 3.18. The van der Waals surface area contributed by atoms with Gasteiger partial charge in [0.15, 0.2) is 0 Å². The van der Waals surface area contributed by atoms with Crippen LogP contribution >= 0.6 is 0 Å². The quantitative estimate of drug-likeness (QED) is 0.591. The molecule has 0 aliphatic heterocycles. The van der Waals surface area contributed by atoms with Crippen LogP contribution in [0.1, 0.15) is 12.8 Å². The molecular formula is C16H16N8. The third-order valence-corrected chi connectivity index (χ3v) is 4.48. The fourth-order valence-electron chi connectivity index (χ4n) is 3.13. The minimum Gasteiger partial charge on any atom is -0.350 e. The van der Waals surface area contributed by atoms with Gasteiger partial charge in [-0.2, -0.15) is 0 Å². The van der Waals surface area contributed by atoms with E-state index in [9.17, 15) is 0 Å². The maximum atomic E-state index is 5.81. The minimum absolute atomic E-state index is 0.301. The minimum atomic E-state index is 0.301. The SMILES string of the molecule is NC1CC(Nc2ncc3c(-c4cnc5nccn5c4)ccn3n2)C1. The Morgan fingerprint density at radius 2 is 2.04 bits per heavy atom. The van der Waals surface area contributed by atoms with Gasteiger partial charge in [-0.25, -0.2) is 19.5 Å². The Kier molecular flexibility index (Phi) is 2.80. The van der Waals surface area contributed by atoms with Gasteiger partial charge < -0.3 is 11.1 Å². The largest absolute Gasteiger partial charge is 0.350 e. The monoisotopic (exact) mass is 320 g/mol. The van der Waals surface area contributed by atoms with Crippen LogP contribution in [0.15, 0.2) is 43.2 Å². The molecule has 1 fully saturated rings. The van der Waals surface area contributed by atoms with Crippen molar-refractivity contribution >= 4 is 17.2 Å². The van der Waals surface area contributed by atoms with E-state index < -0.39 is 0 Å². The summed E-state index contributed by atoms with van der Waals surface area (Å²) in [5.74, 6) is 1.31. The molecule has 24 heavy (non-hydrogen) atoms. The number of imidazole rings is 1. The van der Waals surface area contributed by atoms with E-state index in [-0.39, 0.29) is 0 Å². The molecule has 3 N–H and O–H groups in total. The van der Waals surface area contributed by atoms with Gasteiger partial charge in [-0.05, 0) is 18.9 Å². The number of nitrogens with zero attached hydrogens (tertiary/aromatic N) is 6. The van der Waals surface area contributed by atoms with Crippen LogP contribution in [0.4, 0.5) is 5.95 Å². The van der Waals surface area contributed by atoms with Crippen molar-refractivity contribution in [3.8, 4) is 11.1 Å². The number of nitrogens with two attached hydrogens (primary N) is 1. The van der Waals surface area contributed by atoms with Crippen LogP contribution in [0.25, 0.3) is 22.4 Å². The lowest BCUT2D eigenvalue weighted by Gasteiger charge is -2.32. The van der Waals surface area contributed by atoms with Crippen molar-refractivity contribution in [1.29, 1.82) is 0 Å². The van der Waals surface area contributed by atoms with Crippen LogP contribution < -0.4 is 11.1 Å². The van der Waals surface area contributed by atoms with Crippen LogP contribution in [0, 0.1) is 0 Å². The zero-order valence-electron chi connectivity index (χ0n) is 12.9. The normalized spacial score (nSPS) is 20.4. The standard InChI is InChI=1S/C16H16N8/c17-11-5-12(6-11)21-15-19-8-14-13(1-3-24(14)22-15)10-7-20-16-18-2-4-23(16)9-10/h1-4,7-9,11-12H,5-6,17H2,(H,21,22). The number of hydrogen-bond acceptors (Lipinski definition) is 6. The molecule has 0 atom stereocenters. The van der Waals surface area contributed by atoms with Gasteiger partial charge in [0.2, 0.25) is 11.7 Å². The Morgan fingerprint density at radius 1 is 1.12 bits per heavy atom. The molecule has 120 valence electrons. The second-order valence-electron chi connectivity index (χ2n) is 6.19. The first-order chi connectivity index (χ1) is 11.8. The molecule has 0 radical (unpaired) electrons. The highest BCUT2D eigenvalue weighted by molar-refractivity contribution is 5.79. The highest BCUT2D eigenvalue weighted by atomic mass is 15.3. The molecule has 4 aromatic heterocycles. The first-order valence-electron chi connectivity index (χ1n) is 7.92. The van der Waals surface area contributed by atoms with Crippen LogP contribution in [-0.2, 0) is 0 Å². The number of hydrogen-bond donors (Lipinski definition) is 2. The molecule has 0 spiro atoms. The maximum absolute atomic E-state index is 5.81. The topological polar surface area (TPSA) is 98.4 Å². The van der Waals surface area contributed by atoms with Gasteiger partial charge in [-0.1, -0.05) is 0 Å². The van der Waals surface area contributed by atoms with Crippen molar-refractivity contribution < 1.29 is 0 Å². The second kappa shape index (κ2) is 5.00. The molecule has 0 bridgehead atoms. The zero-order chi connectivity index (χ0) is 16.1. The Hall–Kier alpha value is -3.00. The van der Waals surface area contributed by atoms with Gasteiger partial charge >= 0.3 is 0 Å². The number of rotatable bonds is 3. The van der Waals surface area contributed by atoms with E-state index in [0.29, 0.717) is 23.8 Å². The summed E-state index contributed by atoms with van der Waals surface area (Å²) in [6, 6.07) is 2.70. The van der Waals surface area contributed by atoms with Crippen molar-refractivity contribution in [3.05, 3.63) is 43.2 Å². The Balaban J connectivity index is 1.50. The molecule has 0 saturated heterocycles. The van der Waals surface area contributed by atoms with Gasteiger partial charge in [0.25, 0.3) is 0 Å². The molecule has 8 nitrogen and oxygen atoms in total. The lowest BCUT2D eigenvalue weighted by molar-refractivity contribution is 0.371. The summed E-state index contributed by atoms with van der Waals surface area (Å²) >= 11 is 0. The van der Waals surface area contributed by atoms with E-state index in [0.717, 1.165) is 29.5 Å². The smallest absolute Gasteiger partial charge is 0.241 e. The molecular weight excluding hydrogens is 304 g/mol. The van der Waals surface area contributed by atoms with E-state index in [1.807, 2.05) is 46.0 Å². The van der Waals surface area contributed by atoms with Gasteiger partial charge in [0, 0.05) is 54.2 Å². The lowest BCUT2D eigenvalue weighted by atomic mass is 9.88. The highest BCUT2D eigenvalue weighted by Crippen LogP contribution is 2.25. The van der Waals surface area contributed by atoms with Crippen molar-refractivity contribution in [2.24, 2.45) is 5.73 Å². The van der Waals surface area contributed by atoms with Crippen molar-refractivity contribution in [2.75, 3.05) is 5.32 Å². The van der Waals surface area contributed by atoms with Crippen LogP contribution in [0.2, 0.25) is 0 Å². The summed E-state index contributed by atoms with van der Waals surface area (Å²) in [5, 5.41) is 7.86. The first kappa shape index (κ1) is 13.4. The van der Waals surface area contributed by atoms with Crippen LogP contribution in [0.5, 0.6) is 0 Å². The van der Waals surface area contributed by atoms with Gasteiger partial charge in [-0.15, -0.1) is 5.10 Å². The lowest BCUT2D eigenvalue weighted by Crippen LogP contribution is -2.44. The number of nitrogens with one attached hydrogen (secondary N) is 1. The summed E-state index contributed by atoms with van der Waals surface area (Å²) < 4.78 is 3.73. The molecule has 0 unspecified atom stereocenters. The fraction of sp³-hybridized carbons (Fsp3) is 0.250. The summed E-state index contributed by atoms with van der Waals surface area (Å²) in [7, 11) is 0. The number of anilines is 1. The van der Waals surface area contributed by atoms with E-state index in [2.05, 4.69) is 25.4 Å². The predicted molar refractivity (Wildman–Crippen MR) is 89.6 cm³/mol. The molecule has 5 rings (SSSR count). The highest BCUT2D eigenvalue weighted by Gasteiger charge is 2.26. The molecule has 4 heterocycles. The van der Waals surface area contributed by atoms with Crippen molar-refractivity contribution in [1.82, 2.24) is 29.0 Å². The molecule has 4 aromatic rings. The zero-order valence-corrected chi connectivity index (χ0v) is 12.9. The van der Waals surface area contributed by atoms with E-state index >= 15 is 0 Å². The van der Waals surface area contributed by atoms with Crippen LogP contribution in [0.3, 0.4) is 0 Å². The number of fused-ring (bicyclic) bond motifs is 2. The molecule has 0 aromatic carbocycles. The molecule has 1 saturated carbocycles. The maximum Gasteiger partial charge on any atom is 0.241 e. The average molecular weight is 320 g/mol. The van der Waals surface area contributed by atoms with Crippen molar-refractivity contribution in [2.45, 2.75) is 24.9 Å². The van der Waals surface area contributed by atoms with Gasteiger partial charge in [0.05, 0.1) is 11.7 Å². The summed E-state index contributed by atoms with van der Waals surface area (Å²) in [6.45, 7) is 0. The summed E-state index contributed by atoms with van der Waals surface area (Å²) in [4.78, 5) is 13.0.